The molecule has 0 aliphatic carbocycles. The molecule has 3 nitrogen and oxygen atoms in total. The number of ether oxygens (including phenoxy) is 1. The summed E-state index contributed by atoms with van der Waals surface area (Å²) in [6, 6.07) is 0. The highest BCUT2D eigenvalue weighted by Gasteiger charge is 2.20. The maximum absolute atomic E-state index is 10.4. The number of carbonyl (C=O) groups excluding carboxylic acids is 1. The molecule has 0 aromatic carbocycles. The first-order valence-electron chi connectivity index (χ1n) is 3.96. The molecule has 1 amide bonds. The third kappa shape index (κ3) is 5.70. The first-order chi connectivity index (χ1) is 4.98. The van der Waals surface area contributed by atoms with E-state index in [1.54, 1.807) is 0 Å². The Kier molecular flexibility index (Phi) is 3.93. The number of hydrogen-bond acceptors (Lipinski definition) is 2. The molecular formula is C8H17NO2. The standard InChI is InChI=1S/C8H17NO2/c1-4-5-6-8(2,3)11-7(9)10/h4-6H2,1-3H3,(H2,9,10). The molecule has 0 spiro atoms. The van der Waals surface area contributed by atoms with Gasteiger partial charge in [-0.2, -0.15) is 0 Å². The second-order valence-corrected chi connectivity index (χ2v) is 3.28. The Morgan fingerprint density at radius 2 is 2.09 bits per heavy atom. The van der Waals surface area contributed by atoms with Crippen LogP contribution in [0.5, 0.6) is 0 Å². The van der Waals surface area contributed by atoms with Crippen LogP contribution in [0.15, 0.2) is 0 Å². The van der Waals surface area contributed by atoms with Crippen LogP contribution in [0.3, 0.4) is 0 Å². The molecule has 0 rings (SSSR count). The first-order valence-corrected chi connectivity index (χ1v) is 3.96. The summed E-state index contributed by atoms with van der Waals surface area (Å²) in [5.74, 6) is 0. The molecule has 0 aromatic heterocycles. The lowest BCUT2D eigenvalue weighted by Gasteiger charge is -2.23. The van der Waals surface area contributed by atoms with Gasteiger partial charge in [-0.25, -0.2) is 4.79 Å². The predicted molar refractivity (Wildman–Crippen MR) is 44.3 cm³/mol. The van der Waals surface area contributed by atoms with E-state index < -0.39 is 11.7 Å². The highest BCUT2D eigenvalue weighted by Crippen LogP contribution is 2.17. The van der Waals surface area contributed by atoms with E-state index in [-0.39, 0.29) is 0 Å². The molecule has 2 N–H and O–H groups in total. The Labute approximate surface area is 67.9 Å². The molecule has 0 aliphatic heterocycles. The predicted octanol–water partition coefficient (Wildman–Crippen LogP) is 2.05. The lowest BCUT2D eigenvalue weighted by molar-refractivity contribution is 0.0376. The molecule has 0 atom stereocenters. The molecule has 0 bridgehead atoms. The molecule has 0 aromatic rings. The highest BCUT2D eigenvalue weighted by molar-refractivity contribution is 5.65. The van der Waals surface area contributed by atoms with Crippen LogP contribution in [0, 0.1) is 0 Å². The average Bonchev–Trinajstić information content (AvgIpc) is 1.81. The van der Waals surface area contributed by atoms with Gasteiger partial charge in [0.1, 0.15) is 5.60 Å². The van der Waals surface area contributed by atoms with E-state index in [4.69, 9.17) is 10.5 Å². The van der Waals surface area contributed by atoms with Crippen LogP contribution in [0.4, 0.5) is 4.79 Å². The van der Waals surface area contributed by atoms with E-state index >= 15 is 0 Å². The van der Waals surface area contributed by atoms with Gasteiger partial charge in [-0.05, 0) is 26.7 Å². The summed E-state index contributed by atoms with van der Waals surface area (Å²) in [5, 5.41) is 0. The highest BCUT2D eigenvalue weighted by atomic mass is 16.6. The minimum Gasteiger partial charge on any atom is -0.444 e. The van der Waals surface area contributed by atoms with E-state index in [0.717, 1.165) is 19.3 Å². The zero-order valence-electron chi connectivity index (χ0n) is 7.52. The van der Waals surface area contributed by atoms with Gasteiger partial charge in [0, 0.05) is 0 Å². The summed E-state index contributed by atoms with van der Waals surface area (Å²) in [6.07, 6.45) is 2.34. The number of primary amides is 1. The van der Waals surface area contributed by atoms with Gasteiger partial charge in [0.05, 0.1) is 0 Å². The number of hydrogen-bond donors (Lipinski definition) is 1. The maximum Gasteiger partial charge on any atom is 0.405 e. The topological polar surface area (TPSA) is 52.3 Å². The molecular weight excluding hydrogens is 142 g/mol. The summed E-state index contributed by atoms with van der Waals surface area (Å²) in [5.41, 5.74) is 4.49. The molecule has 0 unspecified atom stereocenters. The Morgan fingerprint density at radius 1 is 1.55 bits per heavy atom. The molecule has 0 fully saturated rings. The van der Waals surface area contributed by atoms with Crippen molar-refractivity contribution in [2.24, 2.45) is 5.73 Å². The van der Waals surface area contributed by atoms with Gasteiger partial charge in [-0.1, -0.05) is 13.3 Å². The third-order valence-corrected chi connectivity index (χ3v) is 1.51. The summed E-state index contributed by atoms with van der Waals surface area (Å²) < 4.78 is 4.88. The van der Waals surface area contributed by atoms with E-state index in [9.17, 15) is 4.79 Å². The lowest BCUT2D eigenvalue weighted by Crippen LogP contribution is -2.30. The van der Waals surface area contributed by atoms with Crippen LogP contribution in [0.1, 0.15) is 40.0 Å². The number of nitrogens with two attached hydrogens (primary N) is 1. The largest absolute Gasteiger partial charge is 0.444 e. The van der Waals surface area contributed by atoms with Gasteiger partial charge in [0.25, 0.3) is 0 Å². The Balaban J connectivity index is 3.70. The van der Waals surface area contributed by atoms with Gasteiger partial charge in [-0.3, -0.25) is 0 Å². The molecule has 0 saturated carbocycles. The zero-order chi connectivity index (χ0) is 8.91. The fourth-order valence-electron chi connectivity index (χ4n) is 0.926. The minimum absolute atomic E-state index is 0.401. The van der Waals surface area contributed by atoms with E-state index in [2.05, 4.69) is 6.92 Å². The van der Waals surface area contributed by atoms with Gasteiger partial charge in [-0.15, -0.1) is 0 Å². The van der Waals surface area contributed by atoms with Gasteiger partial charge in [0.2, 0.25) is 0 Å². The molecule has 0 aliphatic rings. The van der Waals surface area contributed by atoms with Crippen molar-refractivity contribution in [1.29, 1.82) is 0 Å². The second-order valence-electron chi connectivity index (χ2n) is 3.28. The monoisotopic (exact) mass is 159 g/mol. The maximum atomic E-state index is 10.4. The number of amides is 1. The molecule has 66 valence electrons. The van der Waals surface area contributed by atoms with Crippen molar-refractivity contribution in [2.45, 2.75) is 45.6 Å². The van der Waals surface area contributed by atoms with Gasteiger partial charge < -0.3 is 10.5 Å². The summed E-state index contributed by atoms with van der Waals surface area (Å²) in [6.45, 7) is 5.83. The minimum atomic E-state index is -0.689. The fourth-order valence-corrected chi connectivity index (χ4v) is 0.926. The number of carbonyl (C=O) groups is 1. The smallest absolute Gasteiger partial charge is 0.405 e. The normalized spacial score (nSPS) is 11.2. The molecule has 11 heavy (non-hydrogen) atoms. The molecule has 0 radical (unpaired) electrons. The van der Waals surface area contributed by atoms with Crippen molar-refractivity contribution < 1.29 is 9.53 Å². The van der Waals surface area contributed by atoms with Crippen LogP contribution in [0.2, 0.25) is 0 Å². The average molecular weight is 159 g/mol. The lowest BCUT2D eigenvalue weighted by atomic mass is 10.0. The Bertz CT molecular complexity index is 132. The van der Waals surface area contributed by atoms with Crippen LogP contribution in [-0.2, 0) is 4.74 Å². The molecule has 0 heterocycles. The zero-order valence-corrected chi connectivity index (χ0v) is 7.52. The van der Waals surface area contributed by atoms with Crippen molar-refractivity contribution in [2.75, 3.05) is 0 Å². The summed E-state index contributed by atoms with van der Waals surface area (Å²) in [7, 11) is 0. The van der Waals surface area contributed by atoms with E-state index in [1.807, 2.05) is 13.8 Å². The molecule has 0 saturated heterocycles. The van der Waals surface area contributed by atoms with Crippen molar-refractivity contribution in [1.82, 2.24) is 0 Å². The van der Waals surface area contributed by atoms with Crippen molar-refractivity contribution in [3.63, 3.8) is 0 Å². The van der Waals surface area contributed by atoms with Crippen LogP contribution >= 0.6 is 0 Å². The summed E-state index contributed by atoms with van der Waals surface area (Å²) in [4.78, 5) is 10.4. The fraction of sp³-hybridized carbons (Fsp3) is 0.875. The number of unbranched alkanes of at least 4 members (excludes halogenated alkanes) is 1. The quantitative estimate of drug-likeness (QED) is 0.682. The Morgan fingerprint density at radius 3 is 2.45 bits per heavy atom. The van der Waals surface area contributed by atoms with Crippen LogP contribution < -0.4 is 5.73 Å². The van der Waals surface area contributed by atoms with Crippen molar-refractivity contribution >= 4 is 6.09 Å². The van der Waals surface area contributed by atoms with Crippen LogP contribution in [0.25, 0.3) is 0 Å². The number of rotatable bonds is 4. The van der Waals surface area contributed by atoms with Gasteiger partial charge in [0.15, 0.2) is 0 Å². The third-order valence-electron chi connectivity index (χ3n) is 1.51. The van der Waals surface area contributed by atoms with E-state index in [1.165, 1.54) is 0 Å². The second kappa shape index (κ2) is 4.21. The first kappa shape index (κ1) is 10.3. The van der Waals surface area contributed by atoms with Crippen LogP contribution in [-0.4, -0.2) is 11.7 Å². The summed E-state index contributed by atoms with van der Waals surface area (Å²) >= 11 is 0. The van der Waals surface area contributed by atoms with E-state index in [0.29, 0.717) is 0 Å². The van der Waals surface area contributed by atoms with Crippen molar-refractivity contribution in [3.8, 4) is 0 Å². The van der Waals surface area contributed by atoms with Gasteiger partial charge >= 0.3 is 6.09 Å². The van der Waals surface area contributed by atoms with Crippen molar-refractivity contribution in [3.05, 3.63) is 0 Å². The SMILES string of the molecule is CCCCC(C)(C)OC(N)=O. The Hall–Kier alpha value is -0.730. The molecule has 3 heteroatoms.